The van der Waals surface area contributed by atoms with E-state index in [1.54, 1.807) is 36.4 Å². The molecule has 0 fully saturated rings. The number of amides is 1. The molecule has 1 aliphatic rings. The highest BCUT2D eigenvalue weighted by Gasteiger charge is 2.19. The summed E-state index contributed by atoms with van der Waals surface area (Å²) in [5.41, 5.74) is 3.38. The van der Waals surface area contributed by atoms with Gasteiger partial charge in [-0.05, 0) is 42.0 Å². The minimum absolute atomic E-state index is 0.158. The summed E-state index contributed by atoms with van der Waals surface area (Å²) in [5, 5.41) is 10.6. The molecule has 1 aliphatic heterocycles. The van der Waals surface area contributed by atoms with Crippen molar-refractivity contribution < 1.29 is 9.53 Å². The zero-order valence-electron chi connectivity index (χ0n) is 17.9. The lowest BCUT2D eigenvalue weighted by Crippen LogP contribution is -2.26. The van der Waals surface area contributed by atoms with Crippen LogP contribution in [0.25, 0.3) is 27.7 Å². The summed E-state index contributed by atoms with van der Waals surface area (Å²) < 4.78 is 6.84. The maximum atomic E-state index is 13.3. The third kappa shape index (κ3) is 3.54. The Labute approximate surface area is 198 Å². The van der Waals surface area contributed by atoms with E-state index < -0.39 is 5.91 Å². The SMILES string of the molecule is O=C(Nc1nc(-c2ccc3c(c2)CCO3)cs1)c1nn(-c2ccccc2)c(=O)c2ccccc12. The van der Waals surface area contributed by atoms with Gasteiger partial charge in [-0.15, -0.1) is 11.3 Å². The predicted octanol–water partition coefficient (Wildman–Crippen LogP) is 4.70. The highest BCUT2D eigenvalue weighted by molar-refractivity contribution is 7.14. The normalized spacial score (nSPS) is 12.4. The smallest absolute Gasteiger partial charge is 0.279 e. The molecule has 1 amide bonds. The van der Waals surface area contributed by atoms with Crippen molar-refractivity contribution in [2.45, 2.75) is 6.42 Å². The summed E-state index contributed by atoms with van der Waals surface area (Å²) >= 11 is 1.34. The molecule has 0 unspecified atom stereocenters. The molecule has 0 saturated heterocycles. The summed E-state index contributed by atoms with van der Waals surface area (Å²) in [6, 6.07) is 22.0. The second-order valence-electron chi connectivity index (χ2n) is 7.86. The third-order valence-corrected chi connectivity index (χ3v) is 6.49. The molecule has 6 rings (SSSR count). The van der Waals surface area contributed by atoms with Crippen molar-refractivity contribution in [3.05, 3.63) is 99.8 Å². The Kier molecular flexibility index (Phi) is 4.92. The molecule has 2 aromatic heterocycles. The molecular weight excluding hydrogens is 448 g/mol. The molecule has 3 aromatic carbocycles. The Morgan fingerprint density at radius 3 is 2.65 bits per heavy atom. The van der Waals surface area contributed by atoms with Gasteiger partial charge in [0.2, 0.25) is 0 Å². The molecule has 3 heterocycles. The molecule has 34 heavy (non-hydrogen) atoms. The number of hydrogen-bond donors (Lipinski definition) is 1. The average molecular weight is 467 g/mol. The van der Waals surface area contributed by atoms with E-state index >= 15 is 0 Å². The molecule has 7 nitrogen and oxygen atoms in total. The minimum Gasteiger partial charge on any atom is -0.493 e. The van der Waals surface area contributed by atoms with Crippen molar-refractivity contribution in [3.63, 3.8) is 0 Å². The van der Waals surface area contributed by atoms with Crippen molar-refractivity contribution in [1.82, 2.24) is 14.8 Å². The summed E-state index contributed by atoms with van der Waals surface area (Å²) in [7, 11) is 0. The first kappa shape index (κ1) is 20.3. The van der Waals surface area contributed by atoms with Gasteiger partial charge in [-0.1, -0.05) is 36.4 Å². The molecule has 0 spiro atoms. The number of para-hydroxylation sites is 1. The molecular formula is C26H18N4O3S. The van der Waals surface area contributed by atoms with Gasteiger partial charge >= 0.3 is 0 Å². The van der Waals surface area contributed by atoms with Crippen LogP contribution in [0.15, 0.2) is 83.0 Å². The first-order chi connectivity index (χ1) is 16.7. The van der Waals surface area contributed by atoms with E-state index in [4.69, 9.17) is 4.74 Å². The zero-order chi connectivity index (χ0) is 23.1. The van der Waals surface area contributed by atoms with E-state index in [1.807, 2.05) is 35.7 Å². The highest BCUT2D eigenvalue weighted by Crippen LogP contribution is 2.32. The number of ether oxygens (including phenoxy) is 1. The molecule has 0 bridgehead atoms. The molecule has 5 aromatic rings. The first-order valence-corrected chi connectivity index (χ1v) is 11.7. The number of carbonyl (C=O) groups excluding carboxylic acids is 1. The lowest BCUT2D eigenvalue weighted by molar-refractivity contribution is 0.102. The van der Waals surface area contributed by atoms with Gasteiger partial charge in [-0.2, -0.15) is 9.78 Å². The van der Waals surface area contributed by atoms with E-state index in [-0.39, 0.29) is 11.3 Å². The van der Waals surface area contributed by atoms with Gasteiger partial charge in [-0.3, -0.25) is 14.9 Å². The molecule has 8 heteroatoms. The number of nitrogens with zero attached hydrogens (tertiary/aromatic N) is 3. The van der Waals surface area contributed by atoms with Crippen molar-refractivity contribution in [3.8, 4) is 22.7 Å². The van der Waals surface area contributed by atoms with Crippen LogP contribution >= 0.6 is 11.3 Å². The molecule has 0 radical (unpaired) electrons. The van der Waals surface area contributed by atoms with Crippen LogP contribution in [0.5, 0.6) is 5.75 Å². The van der Waals surface area contributed by atoms with Gasteiger partial charge in [0, 0.05) is 22.8 Å². The lowest BCUT2D eigenvalue weighted by Gasteiger charge is -2.10. The Hall–Kier alpha value is -4.30. The number of aromatic nitrogens is 3. The monoisotopic (exact) mass is 466 g/mol. The average Bonchev–Trinajstić information content (AvgIpc) is 3.54. The number of hydrogen-bond acceptors (Lipinski definition) is 6. The fourth-order valence-electron chi connectivity index (χ4n) is 4.07. The topological polar surface area (TPSA) is 86.1 Å². The van der Waals surface area contributed by atoms with Gasteiger partial charge in [0.05, 0.1) is 23.4 Å². The summed E-state index contributed by atoms with van der Waals surface area (Å²) in [4.78, 5) is 30.9. The van der Waals surface area contributed by atoms with Crippen LogP contribution in [-0.4, -0.2) is 27.3 Å². The first-order valence-electron chi connectivity index (χ1n) is 10.8. The number of carbonyl (C=O) groups is 1. The van der Waals surface area contributed by atoms with Crippen molar-refractivity contribution in [1.29, 1.82) is 0 Å². The third-order valence-electron chi connectivity index (χ3n) is 5.73. The molecule has 0 saturated carbocycles. The second kappa shape index (κ2) is 8.24. The van der Waals surface area contributed by atoms with E-state index in [0.29, 0.717) is 28.2 Å². The van der Waals surface area contributed by atoms with Gasteiger partial charge in [0.15, 0.2) is 10.8 Å². The van der Waals surface area contributed by atoms with Gasteiger partial charge in [0.25, 0.3) is 11.5 Å². The summed E-state index contributed by atoms with van der Waals surface area (Å²) in [6.45, 7) is 0.698. The number of nitrogens with one attached hydrogen (secondary N) is 1. The quantitative estimate of drug-likeness (QED) is 0.415. The summed E-state index contributed by atoms with van der Waals surface area (Å²) in [5.74, 6) is 0.489. The van der Waals surface area contributed by atoms with E-state index in [9.17, 15) is 9.59 Å². The maximum absolute atomic E-state index is 13.3. The minimum atomic E-state index is -0.427. The van der Waals surface area contributed by atoms with Crippen molar-refractivity contribution in [2.75, 3.05) is 11.9 Å². The second-order valence-corrected chi connectivity index (χ2v) is 8.72. The molecule has 1 N–H and O–H groups in total. The van der Waals surface area contributed by atoms with E-state index in [0.717, 1.165) is 29.0 Å². The van der Waals surface area contributed by atoms with Crippen LogP contribution in [0.4, 0.5) is 5.13 Å². The molecule has 0 aliphatic carbocycles. The van der Waals surface area contributed by atoms with Crippen molar-refractivity contribution >= 4 is 33.1 Å². The predicted molar refractivity (Wildman–Crippen MR) is 132 cm³/mol. The number of anilines is 1. The Bertz CT molecular complexity index is 1610. The van der Waals surface area contributed by atoms with Crippen LogP contribution in [0.2, 0.25) is 0 Å². The Balaban J connectivity index is 1.36. The number of thiazole rings is 1. The lowest BCUT2D eigenvalue weighted by atomic mass is 10.1. The molecule has 0 atom stereocenters. The largest absolute Gasteiger partial charge is 0.493 e. The van der Waals surface area contributed by atoms with Crippen LogP contribution in [-0.2, 0) is 6.42 Å². The Morgan fingerprint density at radius 2 is 1.79 bits per heavy atom. The van der Waals surface area contributed by atoms with Crippen LogP contribution in [0, 0.1) is 0 Å². The van der Waals surface area contributed by atoms with E-state index in [2.05, 4.69) is 21.5 Å². The fourth-order valence-corrected chi connectivity index (χ4v) is 4.78. The fraction of sp³-hybridized carbons (Fsp3) is 0.0769. The highest BCUT2D eigenvalue weighted by atomic mass is 32.1. The van der Waals surface area contributed by atoms with E-state index in [1.165, 1.54) is 16.0 Å². The molecule has 166 valence electrons. The van der Waals surface area contributed by atoms with Gasteiger partial charge < -0.3 is 4.74 Å². The standard InChI is InChI=1S/C26H18N4O3S/c31-24(28-26-27-21(15-34-26)16-10-11-22-17(14-16)12-13-33-22)23-19-8-4-5-9-20(19)25(32)30(29-23)18-6-2-1-3-7-18/h1-11,14-15H,12-13H2,(H,27,28,31). The summed E-state index contributed by atoms with van der Waals surface area (Å²) in [6.07, 6.45) is 0.882. The maximum Gasteiger partial charge on any atom is 0.279 e. The van der Waals surface area contributed by atoms with Crippen molar-refractivity contribution in [2.24, 2.45) is 0 Å². The van der Waals surface area contributed by atoms with Crippen LogP contribution < -0.4 is 15.6 Å². The number of fused-ring (bicyclic) bond motifs is 2. The zero-order valence-corrected chi connectivity index (χ0v) is 18.7. The van der Waals surface area contributed by atoms with Gasteiger partial charge in [-0.25, -0.2) is 4.98 Å². The van der Waals surface area contributed by atoms with Gasteiger partial charge in [0.1, 0.15) is 5.75 Å². The number of rotatable bonds is 4. The van der Waals surface area contributed by atoms with Crippen LogP contribution in [0.3, 0.4) is 0 Å². The Morgan fingerprint density at radius 1 is 1.00 bits per heavy atom. The van der Waals surface area contributed by atoms with Crippen LogP contribution in [0.1, 0.15) is 16.1 Å². The number of benzene rings is 3.